The quantitative estimate of drug-likeness (QED) is 0.832. The molecule has 4 heteroatoms. The van der Waals surface area contributed by atoms with Gasteiger partial charge in [-0.1, -0.05) is 31.0 Å². The van der Waals surface area contributed by atoms with Gasteiger partial charge in [0, 0.05) is 5.56 Å². The van der Waals surface area contributed by atoms with Crippen molar-refractivity contribution in [1.29, 1.82) is 0 Å². The SMILES string of the molecule is CC(C)Oc1ccccc1CS(=O)(=O)C1CCCC1. The van der Waals surface area contributed by atoms with E-state index < -0.39 is 9.84 Å². The van der Waals surface area contributed by atoms with Crippen LogP contribution in [0, 0.1) is 0 Å². The first kappa shape index (κ1) is 14.4. The minimum Gasteiger partial charge on any atom is -0.491 e. The van der Waals surface area contributed by atoms with Gasteiger partial charge in [0.2, 0.25) is 0 Å². The molecule has 19 heavy (non-hydrogen) atoms. The number of rotatable bonds is 5. The van der Waals surface area contributed by atoms with Crippen LogP contribution in [0.25, 0.3) is 0 Å². The van der Waals surface area contributed by atoms with E-state index in [1.54, 1.807) is 0 Å². The topological polar surface area (TPSA) is 43.4 Å². The second-order valence-electron chi connectivity index (χ2n) is 5.49. The van der Waals surface area contributed by atoms with Crippen molar-refractivity contribution in [3.63, 3.8) is 0 Å². The number of benzene rings is 1. The molecule has 0 heterocycles. The predicted molar refractivity (Wildman–Crippen MR) is 77.1 cm³/mol. The molecule has 0 unspecified atom stereocenters. The standard InChI is InChI=1S/C15H22O3S/c1-12(2)18-15-10-6-3-7-13(15)11-19(16,17)14-8-4-5-9-14/h3,6-7,10,12,14H,4-5,8-9,11H2,1-2H3. The van der Waals surface area contributed by atoms with Gasteiger partial charge in [-0.25, -0.2) is 8.42 Å². The molecule has 1 aliphatic rings. The van der Waals surface area contributed by atoms with Crippen molar-refractivity contribution in [1.82, 2.24) is 0 Å². The molecule has 1 fully saturated rings. The second kappa shape index (κ2) is 5.95. The van der Waals surface area contributed by atoms with E-state index in [4.69, 9.17) is 4.74 Å². The summed E-state index contributed by atoms with van der Waals surface area (Å²) in [5.41, 5.74) is 0.781. The minimum atomic E-state index is -3.05. The van der Waals surface area contributed by atoms with Crippen LogP contribution >= 0.6 is 0 Å². The molecule has 0 spiro atoms. The maximum absolute atomic E-state index is 12.4. The molecule has 0 aliphatic heterocycles. The van der Waals surface area contributed by atoms with Gasteiger partial charge in [0.05, 0.1) is 17.1 Å². The van der Waals surface area contributed by atoms with Gasteiger partial charge in [-0.2, -0.15) is 0 Å². The van der Waals surface area contributed by atoms with Crippen molar-refractivity contribution in [3.05, 3.63) is 29.8 Å². The molecule has 106 valence electrons. The zero-order valence-corrected chi connectivity index (χ0v) is 12.4. The van der Waals surface area contributed by atoms with Gasteiger partial charge in [0.25, 0.3) is 0 Å². The van der Waals surface area contributed by atoms with Crippen LogP contribution < -0.4 is 4.74 Å². The molecule has 0 saturated heterocycles. The van der Waals surface area contributed by atoms with E-state index in [0.29, 0.717) is 5.75 Å². The van der Waals surface area contributed by atoms with Crippen LogP contribution in [0.3, 0.4) is 0 Å². The van der Waals surface area contributed by atoms with Crippen LogP contribution in [0.1, 0.15) is 45.1 Å². The number of hydrogen-bond acceptors (Lipinski definition) is 3. The summed E-state index contributed by atoms with van der Waals surface area (Å²) in [5.74, 6) is 0.791. The maximum Gasteiger partial charge on any atom is 0.157 e. The molecule has 1 saturated carbocycles. The fourth-order valence-electron chi connectivity index (χ4n) is 2.57. The molecule has 0 N–H and O–H groups in total. The van der Waals surface area contributed by atoms with E-state index in [1.165, 1.54) is 0 Å². The third kappa shape index (κ3) is 3.72. The Labute approximate surface area is 115 Å². The molecule has 0 aromatic heterocycles. The van der Waals surface area contributed by atoms with E-state index >= 15 is 0 Å². The van der Waals surface area contributed by atoms with Gasteiger partial charge in [0.1, 0.15) is 5.75 Å². The van der Waals surface area contributed by atoms with E-state index in [1.807, 2.05) is 38.1 Å². The molecule has 0 bridgehead atoms. The Morgan fingerprint density at radius 2 is 1.84 bits per heavy atom. The largest absolute Gasteiger partial charge is 0.491 e. The fourth-order valence-corrected chi connectivity index (χ4v) is 4.53. The summed E-state index contributed by atoms with van der Waals surface area (Å²) in [7, 11) is -3.05. The first-order valence-electron chi connectivity index (χ1n) is 6.95. The summed E-state index contributed by atoms with van der Waals surface area (Å²) in [4.78, 5) is 0. The molecule has 0 radical (unpaired) electrons. The summed E-state index contributed by atoms with van der Waals surface area (Å²) < 4.78 is 30.5. The fraction of sp³-hybridized carbons (Fsp3) is 0.600. The van der Waals surface area contributed by atoms with Gasteiger partial charge in [-0.3, -0.25) is 0 Å². The number of para-hydroxylation sites is 1. The zero-order chi connectivity index (χ0) is 13.9. The Morgan fingerprint density at radius 3 is 2.47 bits per heavy atom. The van der Waals surface area contributed by atoms with Crippen molar-refractivity contribution in [2.45, 2.75) is 56.6 Å². The lowest BCUT2D eigenvalue weighted by atomic mass is 10.2. The Balaban J connectivity index is 2.18. The van der Waals surface area contributed by atoms with Crippen LogP contribution in [0.15, 0.2) is 24.3 Å². The molecule has 0 amide bonds. The van der Waals surface area contributed by atoms with Crippen LogP contribution in [-0.4, -0.2) is 19.8 Å². The third-order valence-corrected chi connectivity index (χ3v) is 5.70. The minimum absolute atomic E-state index is 0.0512. The highest BCUT2D eigenvalue weighted by Gasteiger charge is 2.29. The Morgan fingerprint density at radius 1 is 1.21 bits per heavy atom. The summed E-state index contributed by atoms with van der Waals surface area (Å²) in [5, 5.41) is -0.153. The van der Waals surface area contributed by atoms with Gasteiger partial charge in [0.15, 0.2) is 9.84 Å². The van der Waals surface area contributed by atoms with Crippen molar-refractivity contribution in [3.8, 4) is 5.75 Å². The van der Waals surface area contributed by atoms with E-state index in [9.17, 15) is 8.42 Å². The van der Waals surface area contributed by atoms with Gasteiger partial charge in [-0.05, 0) is 32.8 Å². The lowest BCUT2D eigenvalue weighted by Gasteiger charge is -2.16. The summed E-state index contributed by atoms with van der Waals surface area (Å²) in [6.45, 7) is 3.89. The molecular formula is C15H22O3S. The normalized spacial score (nSPS) is 17.0. The van der Waals surface area contributed by atoms with E-state index in [2.05, 4.69) is 0 Å². The van der Waals surface area contributed by atoms with Gasteiger partial charge in [-0.15, -0.1) is 0 Å². The Hall–Kier alpha value is -1.03. The second-order valence-corrected chi connectivity index (χ2v) is 7.77. The molecular weight excluding hydrogens is 260 g/mol. The molecule has 0 atom stereocenters. The first-order valence-corrected chi connectivity index (χ1v) is 8.67. The number of ether oxygens (including phenoxy) is 1. The Bertz CT molecular complexity index is 514. The smallest absolute Gasteiger partial charge is 0.157 e. The van der Waals surface area contributed by atoms with Crippen LogP contribution in [0.5, 0.6) is 5.75 Å². The summed E-state index contributed by atoms with van der Waals surface area (Å²) in [6, 6.07) is 7.44. The zero-order valence-electron chi connectivity index (χ0n) is 11.6. The lowest BCUT2D eigenvalue weighted by Crippen LogP contribution is -2.20. The van der Waals surface area contributed by atoms with Gasteiger partial charge >= 0.3 is 0 Å². The maximum atomic E-state index is 12.4. The van der Waals surface area contributed by atoms with Crippen LogP contribution in [0.4, 0.5) is 0 Å². The molecule has 1 aliphatic carbocycles. The molecule has 1 aromatic carbocycles. The van der Waals surface area contributed by atoms with E-state index in [-0.39, 0.29) is 17.1 Å². The summed E-state index contributed by atoms with van der Waals surface area (Å²) >= 11 is 0. The van der Waals surface area contributed by atoms with Crippen molar-refractivity contribution in [2.24, 2.45) is 0 Å². The first-order chi connectivity index (χ1) is 8.99. The highest BCUT2D eigenvalue weighted by atomic mass is 32.2. The molecule has 2 rings (SSSR count). The number of hydrogen-bond donors (Lipinski definition) is 0. The van der Waals surface area contributed by atoms with Crippen LogP contribution in [-0.2, 0) is 15.6 Å². The van der Waals surface area contributed by atoms with Crippen molar-refractivity contribution in [2.75, 3.05) is 0 Å². The predicted octanol–water partition coefficient (Wildman–Crippen LogP) is 3.33. The van der Waals surface area contributed by atoms with Gasteiger partial charge < -0.3 is 4.74 Å². The third-order valence-electron chi connectivity index (χ3n) is 3.50. The van der Waals surface area contributed by atoms with Crippen molar-refractivity contribution < 1.29 is 13.2 Å². The van der Waals surface area contributed by atoms with E-state index in [0.717, 1.165) is 31.2 Å². The molecule has 1 aromatic rings. The highest BCUT2D eigenvalue weighted by Crippen LogP contribution is 2.29. The highest BCUT2D eigenvalue weighted by molar-refractivity contribution is 7.91. The van der Waals surface area contributed by atoms with Crippen molar-refractivity contribution >= 4 is 9.84 Å². The molecule has 3 nitrogen and oxygen atoms in total. The monoisotopic (exact) mass is 282 g/mol. The lowest BCUT2D eigenvalue weighted by molar-refractivity contribution is 0.240. The van der Waals surface area contributed by atoms with Crippen LogP contribution in [0.2, 0.25) is 0 Å². The summed E-state index contributed by atoms with van der Waals surface area (Å²) in [6.07, 6.45) is 3.75. The number of sulfone groups is 1. The average molecular weight is 282 g/mol. The Kier molecular flexibility index (Phi) is 4.50. The average Bonchev–Trinajstić information content (AvgIpc) is 2.85.